The highest BCUT2D eigenvalue weighted by atomic mass is 16.7. The van der Waals surface area contributed by atoms with Crippen LogP contribution in [0.25, 0.3) is 0 Å². The molecule has 2 rings (SSSR count). The van der Waals surface area contributed by atoms with Crippen LogP contribution >= 0.6 is 0 Å². The molecule has 2 heterocycles. The Kier molecular flexibility index (Phi) is 3.60. The highest BCUT2D eigenvalue weighted by Gasteiger charge is 2.60. The Morgan fingerprint density at radius 1 is 0.722 bits per heavy atom. The van der Waals surface area contributed by atoms with Gasteiger partial charge in [0.1, 0.15) is 0 Å². The largest absolute Gasteiger partial charge is 0.488 e. The number of hydrogen-bond acceptors (Lipinski definition) is 4. The molecule has 0 aliphatic carbocycles. The second-order valence-corrected chi connectivity index (χ2v) is 6.71. The fraction of sp³-hybridized carbons (Fsp3) is 1.00. The van der Waals surface area contributed by atoms with E-state index >= 15 is 0 Å². The first-order valence-electron chi connectivity index (χ1n) is 6.76. The third kappa shape index (κ3) is 2.24. The van der Waals surface area contributed by atoms with Crippen LogP contribution in [-0.2, 0) is 18.6 Å². The number of hydrogen-bond donors (Lipinski definition) is 0. The monoisotopic (exact) mass is 254 g/mol. The first-order valence-corrected chi connectivity index (χ1v) is 6.76. The van der Waals surface area contributed by atoms with Gasteiger partial charge in [-0.1, -0.05) is 13.8 Å². The van der Waals surface area contributed by atoms with Crippen LogP contribution in [0.1, 0.15) is 48.0 Å². The Morgan fingerprint density at radius 2 is 1.17 bits per heavy atom. The Labute approximate surface area is 111 Å². The van der Waals surface area contributed by atoms with Crippen molar-refractivity contribution in [3.63, 3.8) is 0 Å². The molecule has 0 saturated carbocycles. The van der Waals surface area contributed by atoms with Crippen LogP contribution in [0, 0.1) is 5.41 Å². The maximum atomic E-state index is 6.09. The lowest BCUT2D eigenvalue weighted by Crippen LogP contribution is -2.68. The fourth-order valence-corrected chi connectivity index (χ4v) is 2.40. The summed E-state index contributed by atoms with van der Waals surface area (Å²) in [7, 11) is -0.864. The molecule has 6 heteroatoms. The van der Waals surface area contributed by atoms with E-state index in [4.69, 9.17) is 18.6 Å². The van der Waals surface area contributed by atoms with Gasteiger partial charge in [0.25, 0.3) is 0 Å². The van der Waals surface area contributed by atoms with Crippen molar-refractivity contribution in [2.24, 2.45) is 5.41 Å². The molecule has 0 bridgehead atoms. The molecule has 0 spiro atoms. The van der Waals surface area contributed by atoms with Gasteiger partial charge in [0.2, 0.25) is 0 Å². The predicted octanol–water partition coefficient (Wildman–Crippen LogP) is 2.11. The molecule has 0 aromatic rings. The van der Waals surface area contributed by atoms with Gasteiger partial charge in [-0.3, -0.25) is 0 Å². The smallest absolute Gasteiger partial charge is 0.413 e. The van der Waals surface area contributed by atoms with Crippen LogP contribution in [0.4, 0.5) is 0 Å². The third-order valence-electron chi connectivity index (χ3n) is 4.91. The van der Waals surface area contributed by atoms with Gasteiger partial charge in [-0.25, -0.2) is 0 Å². The van der Waals surface area contributed by atoms with E-state index in [-0.39, 0.29) is 16.6 Å². The lowest BCUT2D eigenvalue weighted by atomic mass is 9.45. The lowest BCUT2D eigenvalue weighted by molar-refractivity contribution is -0.179. The molecular formula is C12H24B2O4. The van der Waals surface area contributed by atoms with Gasteiger partial charge in [0.15, 0.2) is 0 Å². The van der Waals surface area contributed by atoms with Gasteiger partial charge in [-0.2, -0.15) is 0 Å². The first-order chi connectivity index (χ1) is 8.17. The summed E-state index contributed by atoms with van der Waals surface area (Å²) in [5.41, 5.74) is -0.710. The van der Waals surface area contributed by atoms with E-state index in [0.717, 1.165) is 6.42 Å². The molecule has 0 unspecified atom stereocenters. The molecule has 2 aliphatic rings. The van der Waals surface area contributed by atoms with Crippen molar-refractivity contribution in [3.05, 3.63) is 0 Å². The molecular weight excluding hydrogens is 230 g/mol. The zero-order valence-corrected chi connectivity index (χ0v) is 12.4. The molecule has 2 saturated heterocycles. The molecule has 102 valence electrons. The highest BCUT2D eigenvalue weighted by molar-refractivity contribution is 7.10. The standard InChI is InChI=1S/C12H24B2O4/c1-10(2)11(3,4)17-14(18-12(10,5)6)13-15-8-7-9-16-13/h7-9H2,1-6H3. The minimum absolute atomic E-state index is 0.106. The molecule has 0 aromatic heterocycles. The van der Waals surface area contributed by atoms with E-state index in [9.17, 15) is 0 Å². The van der Waals surface area contributed by atoms with Gasteiger partial charge in [-0.05, 0) is 34.1 Å². The SMILES string of the molecule is CC1(C)OB(B2OCCCO2)OC(C)(C)C1(C)C. The van der Waals surface area contributed by atoms with E-state index in [1.54, 1.807) is 0 Å². The molecule has 2 fully saturated rings. The minimum Gasteiger partial charge on any atom is -0.413 e. The zero-order valence-electron chi connectivity index (χ0n) is 12.4. The van der Waals surface area contributed by atoms with E-state index in [2.05, 4.69) is 41.5 Å². The minimum atomic E-state index is -0.455. The second kappa shape index (κ2) is 4.51. The summed E-state index contributed by atoms with van der Waals surface area (Å²) in [5, 5.41) is 0. The highest BCUT2D eigenvalue weighted by Crippen LogP contribution is 2.49. The van der Waals surface area contributed by atoms with Crippen molar-refractivity contribution < 1.29 is 18.6 Å². The third-order valence-corrected chi connectivity index (χ3v) is 4.91. The van der Waals surface area contributed by atoms with E-state index in [1.165, 1.54) is 0 Å². The van der Waals surface area contributed by atoms with Crippen molar-refractivity contribution in [3.8, 4) is 0 Å². The first kappa shape index (κ1) is 14.4. The fourth-order valence-electron chi connectivity index (χ4n) is 2.40. The lowest BCUT2D eigenvalue weighted by Gasteiger charge is -2.57. The van der Waals surface area contributed by atoms with E-state index < -0.39 is 14.0 Å². The molecule has 18 heavy (non-hydrogen) atoms. The molecule has 0 amide bonds. The molecule has 0 radical (unpaired) electrons. The average Bonchev–Trinajstić information content (AvgIpc) is 2.27. The normalized spacial score (nSPS) is 30.3. The van der Waals surface area contributed by atoms with Crippen molar-refractivity contribution in [1.82, 2.24) is 0 Å². The van der Waals surface area contributed by atoms with Gasteiger partial charge >= 0.3 is 14.0 Å². The summed E-state index contributed by atoms with van der Waals surface area (Å²) in [4.78, 5) is 0. The maximum absolute atomic E-state index is 6.09. The van der Waals surface area contributed by atoms with Crippen LogP contribution in [-0.4, -0.2) is 38.4 Å². The quantitative estimate of drug-likeness (QED) is 0.671. The Morgan fingerprint density at radius 3 is 1.61 bits per heavy atom. The summed E-state index contributed by atoms with van der Waals surface area (Å²) >= 11 is 0. The zero-order chi connectivity index (χ0) is 13.6. The van der Waals surface area contributed by atoms with Gasteiger partial charge in [-0.15, -0.1) is 0 Å². The molecule has 0 atom stereocenters. The van der Waals surface area contributed by atoms with Crippen molar-refractivity contribution in [2.75, 3.05) is 13.2 Å². The molecule has 0 N–H and O–H groups in total. The van der Waals surface area contributed by atoms with Crippen LogP contribution in [0.3, 0.4) is 0 Å². The van der Waals surface area contributed by atoms with Crippen LogP contribution < -0.4 is 0 Å². The Hall–Kier alpha value is -0.0301. The average molecular weight is 254 g/mol. The van der Waals surface area contributed by atoms with Gasteiger partial charge in [0, 0.05) is 18.6 Å². The van der Waals surface area contributed by atoms with Crippen molar-refractivity contribution >= 4 is 14.0 Å². The maximum Gasteiger partial charge on any atom is 0.488 e. The van der Waals surface area contributed by atoms with Crippen LogP contribution in [0.5, 0.6) is 0 Å². The van der Waals surface area contributed by atoms with Crippen LogP contribution in [0.2, 0.25) is 0 Å². The van der Waals surface area contributed by atoms with E-state index in [1.807, 2.05) is 0 Å². The van der Waals surface area contributed by atoms with Crippen molar-refractivity contribution in [2.45, 2.75) is 59.2 Å². The summed E-state index contributed by atoms with van der Waals surface area (Å²) in [6, 6.07) is 0. The van der Waals surface area contributed by atoms with Crippen molar-refractivity contribution in [1.29, 1.82) is 0 Å². The van der Waals surface area contributed by atoms with Gasteiger partial charge < -0.3 is 18.6 Å². The molecule has 2 aliphatic heterocycles. The van der Waals surface area contributed by atoms with Crippen LogP contribution in [0.15, 0.2) is 0 Å². The Bertz CT molecular complexity index is 291. The van der Waals surface area contributed by atoms with Gasteiger partial charge in [0.05, 0.1) is 11.2 Å². The topological polar surface area (TPSA) is 36.9 Å². The summed E-state index contributed by atoms with van der Waals surface area (Å²) in [6.07, 6.45) is 0.932. The summed E-state index contributed by atoms with van der Waals surface area (Å²) < 4.78 is 23.4. The second-order valence-electron chi connectivity index (χ2n) is 6.71. The Balaban J connectivity index is 2.17. The summed E-state index contributed by atoms with van der Waals surface area (Å²) in [6.45, 7) is 14.2. The predicted molar refractivity (Wildman–Crippen MR) is 72.1 cm³/mol. The number of rotatable bonds is 1. The summed E-state index contributed by atoms with van der Waals surface area (Å²) in [5.74, 6) is 0. The van der Waals surface area contributed by atoms with E-state index in [0.29, 0.717) is 13.2 Å². The molecule has 4 nitrogen and oxygen atoms in total. The molecule has 0 aromatic carbocycles.